The molecule has 5 nitrogen and oxygen atoms in total. The third-order valence-electron chi connectivity index (χ3n) is 5.52. The van der Waals surface area contributed by atoms with Gasteiger partial charge in [0, 0.05) is 12.2 Å². The van der Waals surface area contributed by atoms with E-state index in [1.807, 2.05) is 30.3 Å². The Balaban J connectivity index is 1.59. The number of benzene rings is 2. The summed E-state index contributed by atoms with van der Waals surface area (Å²) in [6, 6.07) is 15.6. The number of halogens is 3. The molecule has 2 fully saturated rings. The van der Waals surface area contributed by atoms with Crippen LogP contribution in [-0.4, -0.2) is 42.5 Å². The normalized spacial score (nSPS) is 19.1. The predicted molar refractivity (Wildman–Crippen MR) is 102 cm³/mol. The molecule has 4 rings (SSSR count). The van der Waals surface area contributed by atoms with Crippen LogP contribution >= 0.6 is 0 Å². The predicted octanol–water partition coefficient (Wildman–Crippen LogP) is 3.51. The van der Waals surface area contributed by atoms with Crippen molar-refractivity contribution in [3.8, 4) is 5.75 Å². The number of carbonyl (C=O) groups excluding carboxylic acids is 1. The summed E-state index contributed by atoms with van der Waals surface area (Å²) in [5.41, 5.74) is 0.950. The molecule has 2 aromatic rings. The number of rotatable bonds is 4. The van der Waals surface area contributed by atoms with E-state index < -0.39 is 11.9 Å². The van der Waals surface area contributed by atoms with Gasteiger partial charge in [0.2, 0.25) is 5.91 Å². The van der Waals surface area contributed by atoms with Gasteiger partial charge in [-0.15, -0.1) is 13.2 Å². The quantitative estimate of drug-likeness (QED) is 0.846. The van der Waals surface area contributed by atoms with Crippen LogP contribution in [0.15, 0.2) is 54.6 Å². The third kappa shape index (κ3) is 4.03. The van der Waals surface area contributed by atoms with Crippen molar-refractivity contribution in [1.29, 1.82) is 0 Å². The minimum absolute atomic E-state index is 0.0185. The second kappa shape index (κ2) is 7.59. The Labute approximate surface area is 167 Å². The summed E-state index contributed by atoms with van der Waals surface area (Å²) < 4.78 is 41.6. The Morgan fingerprint density at radius 1 is 1.03 bits per heavy atom. The molecule has 1 spiro atoms. The molecule has 2 heterocycles. The molecule has 2 aliphatic rings. The third-order valence-corrected chi connectivity index (χ3v) is 5.52. The zero-order valence-electron chi connectivity index (χ0n) is 15.8. The van der Waals surface area contributed by atoms with Crippen molar-refractivity contribution in [2.24, 2.45) is 0 Å². The number of ether oxygens (including phenoxy) is 1. The lowest BCUT2D eigenvalue weighted by Crippen LogP contribution is -2.55. The van der Waals surface area contributed by atoms with Gasteiger partial charge in [0.25, 0.3) is 0 Å². The molecule has 0 saturated carbocycles. The van der Waals surface area contributed by atoms with Crippen molar-refractivity contribution in [1.82, 2.24) is 10.2 Å². The Morgan fingerprint density at radius 2 is 1.76 bits per heavy atom. The molecule has 154 valence electrons. The second-order valence-corrected chi connectivity index (χ2v) is 7.38. The Kier molecular flexibility index (Phi) is 5.12. The van der Waals surface area contributed by atoms with Gasteiger partial charge in [-0.1, -0.05) is 30.3 Å². The number of nitrogens with zero attached hydrogens (tertiary/aromatic N) is 2. The van der Waals surface area contributed by atoms with Crippen LogP contribution < -0.4 is 15.0 Å². The molecule has 2 saturated heterocycles. The fraction of sp³-hybridized carbons (Fsp3) is 0.381. The van der Waals surface area contributed by atoms with Crippen LogP contribution in [0.4, 0.5) is 18.9 Å². The van der Waals surface area contributed by atoms with E-state index in [0.717, 1.165) is 18.8 Å². The SMILES string of the molecule is O=C1N(Cc2cccc(OC(F)(F)F)c2)CN(c2ccccc2)C12CCNCC2. The summed E-state index contributed by atoms with van der Waals surface area (Å²) in [5, 5.41) is 3.30. The van der Waals surface area contributed by atoms with E-state index in [-0.39, 0.29) is 18.2 Å². The molecule has 1 amide bonds. The highest BCUT2D eigenvalue weighted by Gasteiger charge is 2.52. The summed E-state index contributed by atoms with van der Waals surface area (Å²) in [4.78, 5) is 17.3. The van der Waals surface area contributed by atoms with Crippen LogP contribution in [0.2, 0.25) is 0 Å². The number of hydrogen-bond acceptors (Lipinski definition) is 4. The van der Waals surface area contributed by atoms with Crippen molar-refractivity contribution < 1.29 is 22.7 Å². The lowest BCUT2D eigenvalue weighted by atomic mass is 9.86. The molecule has 29 heavy (non-hydrogen) atoms. The highest BCUT2D eigenvalue weighted by molar-refractivity contribution is 5.93. The summed E-state index contributed by atoms with van der Waals surface area (Å²) in [6.45, 7) is 2.12. The van der Waals surface area contributed by atoms with E-state index in [4.69, 9.17) is 0 Å². The highest BCUT2D eigenvalue weighted by Crippen LogP contribution is 2.38. The first-order valence-electron chi connectivity index (χ1n) is 9.55. The first kappa shape index (κ1) is 19.6. The van der Waals surface area contributed by atoms with E-state index in [1.165, 1.54) is 18.2 Å². The van der Waals surface area contributed by atoms with Gasteiger partial charge in [-0.2, -0.15) is 0 Å². The lowest BCUT2D eigenvalue weighted by Gasteiger charge is -2.40. The number of nitrogens with one attached hydrogen (secondary N) is 1. The number of amides is 1. The minimum Gasteiger partial charge on any atom is -0.406 e. The molecular weight excluding hydrogens is 383 g/mol. The van der Waals surface area contributed by atoms with Crippen molar-refractivity contribution >= 4 is 11.6 Å². The van der Waals surface area contributed by atoms with Gasteiger partial charge in [-0.3, -0.25) is 4.79 Å². The maximum Gasteiger partial charge on any atom is 0.573 e. The van der Waals surface area contributed by atoms with E-state index in [0.29, 0.717) is 25.1 Å². The van der Waals surface area contributed by atoms with Gasteiger partial charge in [-0.05, 0) is 55.8 Å². The Bertz CT molecular complexity index is 867. The van der Waals surface area contributed by atoms with Crippen molar-refractivity contribution in [3.63, 3.8) is 0 Å². The Morgan fingerprint density at radius 3 is 2.45 bits per heavy atom. The van der Waals surface area contributed by atoms with Crippen LogP contribution in [0, 0.1) is 0 Å². The van der Waals surface area contributed by atoms with E-state index in [1.54, 1.807) is 11.0 Å². The number of hydrogen-bond donors (Lipinski definition) is 1. The summed E-state index contributed by atoms with van der Waals surface area (Å²) in [6.07, 6.45) is -3.37. The molecule has 0 atom stereocenters. The zero-order chi connectivity index (χ0) is 20.5. The molecule has 0 aliphatic carbocycles. The molecule has 8 heteroatoms. The minimum atomic E-state index is -4.74. The van der Waals surface area contributed by atoms with Crippen molar-refractivity contribution in [2.75, 3.05) is 24.7 Å². The highest BCUT2D eigenvalue weighted by atomic mass is 19.4. The van der Waals surface area contributed by atoms with Crippen LogP contribution in [0.5, 0.6) is 5.75 Å². The molecule has 2 aliphatic heterocycles. The molecule has 2 aromatic carbocycles. The zero-order valence-corrected chi connectivity index (χ0v) is 15.8. The molecule has 0 radical (unpaired) electrons. The summed E-state index contributed by atoms with van der Waals surface area (Å²) >= 11 is 0. The van der Waals surface area contributed by atoms with Crippen molar-refractivity contribution in [3.05, 3.63) is 60.2 Å². The fourth-order valence-electron chi connectivity index (χ4n) is 4.22. The standard InChI is InChI=1S/C21H22F3N3O2/c22-21(23,24)29-18-8-4-5-16(13-18)14-26-15-27(17-6-2-1-3-7-17)20(19(26)28)9-11-25-12-10-20/h1-8,13,25H,9-12,14-15H2. The number of piperidine rings is 1. The van der Waals surface area contributed by atoms with Gasteiger partial charge in [0.05, 0.1) is 6.67 Å². The van der Waals surface area contributed by atoms with Crippen LogP contribution in [0.25, 0.3) is 0 Å². The molecule has 0 bridgehead atoms. The van der Waals surface area contributed by atoms with E-state index in [2.05, 4.69) is 15.0 Å². The van der Waals surface area contributed by atoms with Gasteiger partial charge >= 0.3 is 6.36 Å². The van der Waals surface area contributed by atoms with Crippen LogP contribution in [0.3, 0.4) is 0 Å². The van der Waals surface area contributed by atoms with Gasteiger partial charge in [0.1, 0.15) is 11.3 Å². The van der Waals surface area contributed by atoms with E-state index in [9.17, 15) is 18.0 Å². The smallest absolute Gasteiger partial charge is 0.406 e. The molecule has 1 N–H and O–H groups in total. The number of carbonyl (C=O) groups is 1. The van der Waals surface area contributed by atoms with E-state index >= 15 is 0 Å². The number of anilines is 1. The summed E-state index contributed by atoms with van der Waals surface area (Å²) in [5.74, 6) is -0.261. The van der Waals surface area contributed by atoms with Crippen LogP contribution in [0.1, 0.15) is 18.4 Å². The molecule has 0 aromatic heterocycles. The maximum absolute atomic E-state index is 13.4. The average Bonchev–Trinajstić information content (AvgIpc) is 2.94. The first-order chi connectivity index (χ1) is 13.9. The van der Waals surface area contributed by atoms with Gasteiger partial charge in [0.15, 0.2) is 0 Å². The van der Waals surface area contributed by atoms with Gasteiger partial charge in [-0.25, -0.2) is 0 Å². The summed E-state index contributed by atoms with van der Waals surface area (Å²) in [7, 11) is 0. The largest absolute Gasteiger partial charge is 0.573 e. The number of alkyl halides is 3. The lowest BCUT2D eigenvalue weighted by molar-refractivity contribution is -0.274. The van der Waals surface area contributed by atoms with Crippen LogP contribution in [-0.2, 0) is 11.3 Å². The molecular formula is C21H22F3N3O2. The van der Waals surface area contributed by atoms with Gasteiger partial charge < -0.3 is 19.9 Å². The average molecular weight is 405 g/mol. The maximum atomic E-state index is 13.4. The first-order valence-corrected chi connectivity index (χ1v) is 9.55. The topological polar surface area (TPSA) is 44.8 Å². The Hall–Kier alpha value is -2.74. The second-order valence-electron chi connectivity index (χ2n) is 7.38. The monoisotopic (exact) mass is 405 g/mol. The van der Waals surface area contributed by atoms with Crippen molar-refractivity contribution in [2.45, 2.75) is 31.3 Å². The number of para-hydroxylation sites is 1. The molecule has 0 unspecified atom stereocenters. The fourth-order valence-corrected chi connectivity index (χ4v) is 4.22.